The Kier molecular flexibility index (Phi) is 5.98. The Balaban J connectivity index is 1.39. The lowest BCUT2D eigenvalue weighted by molar-refractivity contribution is -0.126. The molecule has 4 rings (SSSR count). The molecule has 0 aliphatic carbocycles. The van der Waals surface area contributed by atoms with Gasteiger partial charge in [-0.1, -0.05) is 6.07 Å². The molecule has 0 radical (unpaired) electrons. The molecule has 3 heterocycles. The summed E-state index contributed by atoms with van der Waals surface area (Å²) in [4.78, 5) is 12.9. The smallest absolute Gasteiger partial charge is 0.281 e. The standard InChI is InChI=1S/C20H29N3O5S/c1-15(16-6-7-18-19(13-16)28-12-11-27-18)21-20(24)17-5-4-10-23(14-17)29(25,26)22-8-2-3-9-22/h6-7,13,15,17H,2-5,8-12,14H2,1H3,(H,21,24). The number of fused-ring (bicyclic) bond motifs is 1. The molecule has 2 unspecified atom stereocenters. The second-order valence-corrected chi connectivity index (χ2v) is 9.87. The average molecular weight is 424 g/mol. The maximum absolute atomic E-state index is 12.9. The molecule has 3 aliphatic heterocycles. The van der Waals surface area contributed by atoms with Crippen molar-refractivity contribution in [2.75, 3.05) is 39.4 Å². The molecule has 1 N–H and O–H groups in total. The molecular weight excluding hydrogens is 394 g/mol. The fourth-order valence-corrected chi connectivity index (χ4v) is 5.97. The van der Waals surface area contributed by atoms with Gasteiger partial charge >= 0.3 is 0 Å². The van der Waals surface area contributed by atoms with E-state index in [1.165, 1.54) is 4.31 Å². The molecule has 0 bridgehead atoms. The van der Waals surface area contributed by atoms with Gasteiger partial charge in [0.05, 0.1) is 12.0 Å². The van der Waals surface area contributed by atoms with E-state index in [1.54, 1.807) is 4.31 Å². The third kappa shape index (κ3) is 4.36. The second kappa shape index (κ2) is 8.49. The first-order valence-electron chi connectivity index (χ1n) is 10.4. The number of nitrogens with zero attached hydrogens (tertiary/aromatic N) is 2. The molecule has 29 heavy (non-hydrogen) atoms. The Bertz CT molecular complexity index is 854. The number of carbonyl (C=O) groups is 1. The lowest BCUT2D eigenvalue weighted by Gasteiger charge is -2.34. The molecule has 1 aromatic carbocycles. The Morgan fingerprint density at radius 2 is 1.76 bits per heavy atom. The predicted molar refractivity (Wildman–Crippen MR) is 108 cm³/mol. The first-order chi connectivity index (χ1) is 13.9. The van der Waals surface area contributed by atoms with E-state index in [9.17, 15) is 13.2 Å². The van der Waals surface area contributed by atoms with Crippen molar-refractivity contribution in [2.24, 2.45) is 5.92 Å². The Labute approximate surface area is 172 Å². The second-order valence-electron chi connectivity index (χ2n) is 7.94. The predicted octanol–water partition coefficient (Wildman–Crippen LogP) is 1.69. The van der Waals surface area contributed by atoms with Crippen LogP contribution in [0.15, 0.2) is 18.2 Å². The molecule has 9 heteroatoms. The fraction of sp³-hybridized carbons (Fsp3) is 0.650. The summed E-state index contributed by atoms with van der Waals surface area (Å²) in [7, 11) is -3.46. The first-order valence-corrected chi connectivity index (χ1v) is 11.8. The van der Waals surface area contributed by atoms with E-state index in [-0.39, 0.29) is 24.4 Å². The Morgan fingerprint density at radius 1 is 1.07 bits per heavy atom. The number of piperidine rings is 1. The van der Waals surface area contributed by atoms with Crippen LogP contribution in [0.3, 0.4) is 0 Å². The number of benzene rings is 1. The lowest BCUT2D eigenvalue weighted by Crippen LogP contribution is -2.50. The van der Waals surface area contributed by atoms with Gasteiger partial charge < -0.3 is 14.8 Å². The van der Waals surface area contributed by atoms with Crippen LogP contribution < -0.4 is 14.8 Å². The molecule has 1 amide bonds. The molecule has 160 valence electrons. The third-order valence-corrected chi connectivity index (χ3v) is 7.90. The molecular formula is C20H29N3O5S. The van der Waals surface area contributed by atoms with Gasteiger partial charge in [0.25, 0.3) is 10.2 Å². The summed E-state index contributed by atoms with van der Waals surface area (Å²) >= 11 is 0. The van der Waals surface area contributed by atoms with Crippen molar-refractivity contribution >= 4 is 16.1 Å². The average Bonchev–Trinajstić information content (AvgIpc) is 3.29. The van der Waals surface area contributed by atoms with E-state index < -0.39 is 10.2 Å². The maximum Gasteiger partial charge on any atom is 0.281 e. The van der Waals surface area contributed by atoms with Crippen LogP contribution in [0.4, 0.5) is 0 Å². The van der Waals surface area contributed by atoms with Crippen LogP contribution in [-0.4, -0.2) is 62.3 Å². The van der Waals surface area contributed by atoms with Gasteiger partial charge in [-0.25, -0.2) is 0 Å². The Morgan fingerprint density at radius 3 is 2.52 bits per heavy atom. The number of hydrogen-bond donors (Lipinski definition) is 1. The monoisotopic (exact) mass is 423 g/mol. The molecule has 0 saturated carbocycles. The third-order valence-electron chi connectivity index (χ3n) is 5.90. The SMILES string of the molecule is CC(NC(=O)C1CCCN(S(=O)(=O)N2CCCC2)C1)c1ccc2c(c1)OCCO2. The molecule has 3 aliphatic rings. The van der Waals surface area contributed by atoms with E-state index in [4.69, 9.17) is 9.47 Å². The van der Waals surface area contributed by atoms with E-state index in [2.05, 4.69) is 5.32 Å². The number of ether oxygens (including phenoxy) is 2. The summed E-state index contributed by atoms with van der Waals surface area (Å²) in [5.41, 5.74) is 0.931. The summed E-state index contributed by atoms with van der Waals surface area (Å²) in [6.45, 7) is 4.87. The van der Waals surface area contributed by atoms with E-state index in [0.29, 0.717) is 57.2 Å². The molecule has 8 nitrogen and oxygen atoms in total. The zero-order chi connectivity index (χ0) is 20.4. The molecule has 0 spiro atoms. The number of amides is 1. The first kappa shape index (κ1) is 20.4. The molecule has 0 aromatic heterocycles. The zero-order valence-corrected chi connectivity index (χ0v) is 17.6. The van der Waals surface area contributed by atoms with Gasteiger partial charge in [0.2, 0.25) is 5.91 Å². The van der Waals surface area contributed by atoms with Crippen molar-refractivity contribution in [3.8, 4) is 11.5 Å². The highest BCUT2D eigenvalue weighted by Gasteiger charge is 2.37. The van der Waals surface area contributed by atoms with Crippen LogP contribution in [0.1, 0.15) is 44.2 Å². The number of nitrogens with one attached hydrogen (secondary N) is 1. The quantitative estimate of drug-likeness (QED) is 0.779. The molecule has 2 atom stereocenters. The molecule has 2 saturated heterocycles. The van der Waals surface area contributed by atoms with Crippen LogP contribution in [-0.2, 0) is 15.0 Å². The summed E-state index contributed by atoms with van der Waals surface area (Å²) < 4.78 is 39.9. The topological polar surface area (TPSA) is 88.2 Å². The van der Waals surface area contributed by atoms with Gasteiger partial charge in [-0.2, -0.15) is 17.0 Å². The number of hydrogen-bond acceptors (Lipinski definition) is 5. The van der Waals surface area contributed by atoms with Gasteiger partial charge in [-0.05, 0) is 50.3 Å². The maximum atomic E-state index is 12.9. The van der Waals surface area contributed by atoms with Gasteiger partial charge in [0, 0.05) is 26.2 Å². The highest BCUT2D eigenvalue weighted by molar-refractivity contribution is 7.86. The highest BCUT2D eigenvalue weighted by atomic mass is 32.2. The van der Waals surface area contributed by atoms with Crippen LogP contribution >= 0.6 is 0 Å². The Hall–Kier alpha value is -1.84. The number of rotatable bonds is 5. The largest absolute Gasteiger partial charge is 0.486 e. The van der Waals surface area contributed by atoms with Crippen LogP contribution in [0.5, 0.6) is 11.5 Å². The summed E-state index contributed by atoms with van der Waals surface area (Å²) in [5, 5.41) is 3.04. The van der Waals surface area contributed by atoms with Crippen molar-refractivity contribution in [2.45, 2.75) is 38.6 Å². The minimum atomic E-state index is -3.46. The highest BCUT2D eigenvalue weighted by Crippen LogP contribution is 2.33. The van der Waals surface area contributed by atoms with Crippen LogP contribution in [0, 0.1) is 5.92 Å². The van der Waals surface area contributed by atoms with E-state index in [1.807, 2.05) is 25.1 Å². The minimum Gasteiger partial charge on any atom is -0.486 e. The van der Waals surface area contributed by atoms with E-state index >= 15 is 0 Å². The van der Waals surface area contributed by atoms with Crippen molar-refractivity contribution in [3.63, 3.8) is 0 Å². The summed E-state index contributed by atoms with van der Waals surface area (Å²) in [5.74, 6) is 0.971. The summed E-state index contributed by atoms with van der Waals surface area (Å²) in [6.07, 6.45) is 3.21. The van der Waals surface area contributed by atoms with Crippen molar-refractivity contribution in [3.05, 3.63) is 23.8 Å². The van der Waals surface area contributed by atoms with Crippen LogP contribution in [0.25, 0.3) is 0 Å². The van der Waals surface area contributed by atoms with Crippen molar-refractivity contribution < 1.29 is 22.7 Å². The minimum absolute atomic E-state index is 0.103. The molecule has 2 fully saturated rings. The van der Waals surface area contributed by atoms with Gasteiger partial charge in [-0.3, -0.25) is 4.79 Å². The zero-order valence-electron chi connectivity index (χ0n) is 16.8. The van der Waals surface area contributed by atoms with Crippen molar-refractivity contribution in [1.29, 1.82) is 0 Å². The fourth-order valence-electron chi connectivity index (χ4n) is 4.19. The normalized spacial score (nSPS) is 24.2. The lowest BCUT2D eigenvalue weighted by atomic mass is 9.97. The number of carbonyl (C=O) groups excluding carboxylic acids is 1. The summed E-state index contributed by atoms with van der Waals surface area (Å²) in [6, 6.07) is 5.47. The van der Waals surface area contributed by atoms with Gasteiger partial charge in [-0.15, -0.1) is 0 Å². The molecule has 1 aromatic rings. The van der Waals surface area contributed by atoms with Crippen molar-refractivity contribution in [1.82, 2.24) is 13.9 Å². The van der Waals surface area contributed by atoms with Gasteiger partial charge in [0.15, 0.2) is 11.5 Å². The van der Waals surface area contributed by atoms with Gasteiger partial charge in [0.1, 0.15) is 13.2 Å². The van der Waals surface area contributed by atoms with E-state index in [0.717, 1.165) is 18.4 Å². The van der Waals surface area contributed by atoms with Crippen LogP contribution in [0.2, 0.25) is 0 Å².